The van der Waals surface area contributed by atoms with Crippen LogP contribution < -0.4 is 0 Å². The fraction of sp³-hybridized carbons (Fsp3) is 0.0909. The van der Waals surface area contributed by atoms with Crippen molar-refractivity contribution in [3.8, 4) is 0 Å². The predicted octanol–water partition coefficient (Wildman–Crippen LogP) is 2.42. The molecule has 2 heteroatoms. The molecule has 0 unspecified atom stereocenters. The summed E-state index contributed by atoms with van der Waals surface area (Å²) in [6, 6.07) is 20.0. The second-order valence-corrected chi connectivity index (χ2v) is 1.92. The molecule has 0 bridgehead atoms. The summed E-state index contributed by atoms with van der Waals surface area (Å²) in [7, 11) is 1.00. The van der Waals surface area contributed by atoms with Crippen molar-refractivity contribution in [3.05, 3.63) is 60.7 Å². The Morgan fingerprint density at radius 2 is 0.923 bits per heavy atom. The minimum absolute atomic E-state index is 0. The Labute approximate surface area is 90.2 Å². The van der Waals surface area contributed by atoms with Gasteiger partial charge in [-0.05, 0) is 0 Å². The maximum atomic E-state index is 7.00. The summed E-state index contributed by atoms with van der Waals surface area (Å²) in [4.78, 5) is 0. The number of hydrogen-bond donors (Lipinski definition) is 1. The molecule has 0 aliphatic rings. The van der Waals surface area contributed by atoms with Crippen LogP contribution >= 0.6 is 0 Å². The zero-order chi connectivity index (χ0) is 9.07. The summed E-state index contributed by atoms with van der Waals surface area (Å²) in [5.41, 5.74) is 0. The third kappa shape index (κ3) is 11.2. The van der Waals surface area contributed by atoms with Gasteiger partial charge in [0.1, 0.15) is 0 Å². The van der Waals surface area contributed by atoms with Crippen LogP contribution in [-0.4, -0.2) is 12.2 Å². The molecule has 72 valence electrons. The Hall–Kier alpha value is -0.821. The standard InChI is InChI=1S/2C5H5.CH4O.Fe/c2*1-2-4-5-3-1;1-2;/h2*1-5H;2H,1H3;/q2*-1;;+2. The molecule has 2 aromatic rings. The molecule has 2 rings (SSSR count). The van der Waals surface area contributed by atoms with E-state index in [1.54, 1.807) is 0 Å². The van der Waals surface area contributed by atoms with Crippen LogP contribution in [0.2, 0.25) is 0 Å². The molecule has 0 atom stereocenters. The minimum atomic E-state index is 0. The number of aliphatic hydroxyl groups is 1. The fourth-order valence-electron chi connectivity index (χ4n) is 0.642. The summed E-state index contributed by atoms with van der Waals surface area (Å²) in [5.74, 6) is 0. The van der Waals surface area contributed by atoms with Gasteiger partial charge in [-0.2, -0.15) is 36.4 Å². The van der Waals surface area contributed by atoms with Crippen LogP contribution in [-0.2, 0) is 17.1 Å². The SMILES string of the molecule is CO.[Fe+2].c1cc[cH-]c1.c1cc[cH-]c1. The summed E-state index contributed by atoms with van der Waals surface area (Å²) in [5, 5.41) is 7.00. The number of aliphatic hydroxyl groups excluding tert-OH is 1. The van der Waals surface area contributed by atoms with E-state index in [0.29, 0.717) is 0 Å². The molecular formula is C11H14FeO. The van der Waals surface area contributed by atoms with Gasteiger partial charge >= 0.3 is 17.1 Å². The number of hydrogen-bond acceptors (Lipinski definition) is 1. The average molecular weight is 218 g/mol. The van der Waals surface area contributed by atoms with Crippen molar-refractivity contribution in [1.29, 1.82) is 0 Å². The summed E-state index contributed by atoms with van der Waals surface area (Å²) in [6.07, 6.45) is 0. The normalized spacial score (nSPS) is 6.62. The van der Waals surface area contributed by atoms with Crippen molar-refractivity contribution in [2.45, 2.75) is 0 Å². The van der Waals surface area contributed by atoms with Crippen LogP contribution in [0, 0.1) is 0 Å². The van der Waals surface area contributed by atoms with Gasteiger partial charge < -0.3 is 5.11 Å². The van der Waals surface area contributed by atoms with Crippen LogP contribution in [0.1, 0.15) is 0 Å². The van der Waals surface area contributed by atoms with E-state index in [-0.39, 0.29) is 17.1 Å². The van der Waals surface area contributed by atoms with Gasteiger partial charge in [0.05, 0.1) is 0 Å². The van der Waals surface area contributed by atoms with Gasteiger partial charge in [-0.15, -0.1) is 0 Å². The Kier molecular flexibility index (Phi) is 15.5. The molecular weight excluding hydrogens is 204 g/mol. The molecule has 0 saturated heterocycles. The van der Waals surface area contributed by atoms with Crippen LogP contribution in [0.5, 0.6) is 0 Å². The van der Waals surface area contributed by atoms with Crippen molar-refractivity contribution in [1.82, 2.24) is 0 Å². The fourth-order valence-corrected chi connectivity index (χ4v) is 0.642. The second kappa shape index (κ2) is 13.7. The van der Waals surface area contributed by atoms with Gasteiger partial charge in [-0.25, -0.2) is 24.3 Å². The van der Waals surface area contributed by atoms with E-state index in [4.69, 9.17) is 5.11 Å². The molecule has 0 aliphatic heterocycles. The van der Waals surface area contributed by atoms with E-state index < -0.39 is 0 Å². The monoisotopic (exact) mass is 218 g/mol. The van der Waals surface area contributed by atoms with Crippen molar-refractivity contribution in [2.75, 3.05) is 7.11 Å². The first-order chi connectivity index (χ1) is 6.00. The third-order valence-corrected chi connectivity index (χ3v) is 1.11. The minimum Gasteiger partial charge on any atom is -0.400 e. The van der Waals surface area contributed by atoms with Gasteiger partial charge in [-0.3, -0.25) is 0 Å². The predicted molar refractivity (Wildman–Crippen MR) is 52.2 cm³/mol. The first kappa shape index (κ1) is 14.7. The molecule has 0 fully saturated rings. The topological polar surface area (TPSA) is 20.2 Å². The molecule has 13 heavy (non-hydrogen) atoms. The van der Waals surface area contributed by atoms with E-state index in [9.17, 15) is 0 Å². The molecule has 1 N–H and O–H groups in total. The van der Waals surface area contributed by atoms with Gasteiger partial charge in [-0.1, -0.05) is 0 Å². The first-order valence-corrected chi connectivity index (χ1v) is 3.78. The van der Waals surface area contributed by atoms with E-state index in [0.717, 1.165) is 7.11 Å². The van der Waals surface area contributed by atoms with Crippen LogP contribution in [0.4, 0.5) is 0 Å². The van der Waals surface area contributed by atoms with E-state index in [1.807, 2.05) is 60.7 Å². The molecule has 1 nitrogen and oxygen atoms in total. The smallest absolute Gasteiger partial charge is 0.400 e. The maximum absolute atomic E-state index is 7.00. The zero-order valence-electron chi connectivity index (χ0n) is 7.57. The Morgan fingerprint density at radius 1 is 0.692 bits per heavy atom. The summed E-state index contributed by atoms with van der Waals surface area (Å²) < 4.78 is 0. The third-order valence-electron chi connectivity index (χ3n) is 1.11. The maximum Gasteiger partial charge on any atom is 2.00 e. The number of rotatable bonds is 0. The molecule has 0 spiro atoms. The largest absolute Gasteiger partial charge is 2.00 e. The zero-order valence-corrected chi connectivity index (χ0v) is 8.68. The van der Waals surface area contributed by atoms with Crippen molar-refractivity contribution >= 4 is 0 Å². The summed E-state index contributed by atoms with van der Waals surface area (Å²) >= 11 is 0. The summed E-state index contributed by atoms with van der Waals surface area (Å²) in [6.45, 7) is 0. The molecule has 0 aliphatic carbocycles. The molecule has 0 aromatic heterocycles. The molecule has 0 saturated carbocycles. The van der Waals surface area contributed by atoms with Gasteiger partial charge in [0.2, 0.25) is 0 Å². The molecule has 0 amide bonds. The molecule has 0 radical (unpaired) electrons. The van der Waals surface area contributed by atoms with E-state index in [2.05, 4.69) is 0 Å². The van der Waals surface area contributed by atoms with Crippen LogP contribution in [0.15, 0.2) is 60.7 Å². The van der Waals surface area contributed by atoms with Crippen LogP contribution in [0.3, 0.4) is 0 Å². The van der Waals surface area contributed by atoms with Crippen molar-refractivity contribution < 1.29 is 22.2 Å². The Bertz CT molecular complexity index is 149. The van der Waals surface area contributed by atoms with E-state index >= 15 is 0 Å². The average Bonchev–Trinajstić information content (AvgIpc) is 2.87. The van der Waals surface area contributed by atoms with Crippen molar-refractivity contribution in [3.63, 3.8) is 0 Å². The Balaban J connectivity index is 0. The molecule has 2 aromatic carbocycles. The van der Waals surface area contributed by atoms with Gasteiger partial charge in [0.25, 0.3) is 0 Å². The van der Waals surface area contributed by atoms with Crippen LogP contribution in [0.25, 0.3) is 0 Å². The van der Waals surface area contributed by atoms with Gasteiger partial charge in [0, 0.05) is 7.11 Å². The first-order valence-electron chi connectivity index (χ1n) is 3.78. The van der Waals surface area contributed by atoms with Gasteiger partial charge in [0.15, 0.2) is 0 Å². The van der Waals surface area contributed by atoms with E-state index in [1.165, 1.54) is 0 Å². The Morgan fingerprint density at radius 3 is 1.00 bits per heavy atom. The van der Waals surface area contributed by atoms with Crippen molar-refractivity contribution in [2.24, 2.45) is 0 Å². The quantitative estimate of drug-likeness (QED) is 0.531. The second-order valence-electron chi connectivity index (χ2n) is 1.92. The molecule has 0 heterocycles.